The van der Waals surface area contributed by atoms with Crippen LogP contribution in [0.25, 0.3) is 0 Å². The van der Waals surface area contributed by atoms with Crippen LogP contribution in [0, 0.1) is 0 Å². The van der Waals surface area contributed by atoms with E-state index >= 15 is 0 Å². The van der Waals surface area contributed by atoms with E-state index in [1.54, 1.807) is 0 Å². The maximum Gasteiger partial charge on any atom is 0.192 e. The van der Waals surface area contributed by atoms with Crippen molar-refractivity contribution >= 4 is 8.32 Å². The maximum atomic E-state index is 6.10. The van der Waals surface area contributed by atoms with Crippen LogP contribution in [0.3, 0.4) is 0 Å². The first-order valence-electron chi connectivity index (χ1n) is 7.16. The van der Waals surface area contributed by atoms with E-state index in [1.807, 2.05) is 0 Å². The van der Waals surface area contributed by atoms with Crippen LogP contribution in [-0.2, 0) is 10.8 Å². The fourth-order valence-electron chi connectivity index (χ4n) is 1.55. The molecule has 0 atom stereocenters. The molecule has 0 amide bonds. The summed E-state index contributed by atoms with van der Waals surface area (Å²) in [5, 5.41) is 0.297. The molecule has 0 N–H and O–H groups in total. The van der Waals surface area contributed by atoms with E-state index in [0.29, 0.717) is 5.04 Å². The molecule has 0 saturated carbocycles. The van der Waals surface area contributed by atoms with Gasteiger partial charge in [-0.3, -0.25) is 0 Å². The van der Waals surface area contributed by atoms with Gasteiger partial charge in [-0.05, 0) is 36.5 Å². The Hall–Kier alpha value is -0.863. The lowest BCUT2D eigenvalue weighted by molar-refractivity contribution is 0.327. The van der Waals surface area contributed by atoms with Crippen molar-refractivity contribution in [3.05, 3.63) is 48.0 Å². The summed E-state index contributed by atoms with van der Waals surface area (Å²) in [6.07, 6.45) is 6.60. The molecule has 1 rings (SSSR count). The van der Waals surface area contributed by atoms with E-state index in [2.05, 4.69) is 76.3 Å². The van der Waals surface area contributed by atoms with Crippen molar-refractivity contribution in [1.82, 2.24) is 0 Å². The highest BCUT2D eigenvalue weighted by molar-refractivity contribution is 6.74. The summed E-state index contributed by atoms with van der Waals surface area (Å²) in [6.45, 7) is 12.2. The smallest absolute Gasteiger partial charge is 0.192 e. The van der Waals surface area contributed by atoms with Crippen molar-refractivity contribution in [2.75, 3.05) is 6.61 Å². The van der Waals surface area contributed by atoms with Crippen molar-refractivity contribution in [2.45, 2.75) is 51.7 Å². The van der Waals surface area contributed by atoms with Gasteiger partial charge >= 0.3 is 0 Å². The Kier molecular flexibility index (Phi) is 6.02. The van der Waals surface area contributed by atoms with Crippen LogP contribution >= 0.6 is 0 Å². The predicted octanol–water partition coefficient (Wildman–Crippen LogP) is 5.20. The van der Waals surface area contributed by atoms with Crippen LogP contribution in [-0.4, -0.2) is 14.9 Å². The van der Waals surface area contributed by atoms with Crippen LogP contribution in [0.15, 0.2) is 42.5 Å². The van der Waals surface area contributed by atoms with Gasteiger partial charge in [0, 0.05) is 0 Å². The maximum absolute atomic E-state index is 6.10. The number of allylic oxidation sites excluding steroid dienone is 1. The number of rotatable bonds is 6. The van der Waals surface area contributed by atoms with Gasteiger partial charge in [0.15, 0.2) is 8.32 Å². The van der Waals surface area contributed by atoms with Crippen molar-refractivity contribution in [1.29, 1.82) is 0 Å². The molecular weight excluding hydrogens is 248 g/mol. The van der Waals surface area contributed by atoms with Crippen molar-refractivity contribution in [3.63, 3.8) is 0 Å². The summed E-state index contributed by atoms with van der Waals surface area (Å²) in [4.78, 5) is 0. The van der Waals surface area contributed by atoms with E-state index < -0.39 is 8.32 Å². The van der Waals surface area contributed by atoms with E-state index in [0.717, 1.165) is 19.4 Å². The minimum absolute atomic E-state index is 0.297. The molecule has 0 fully saturated rings. The quantitative estimate of drug-likeness (QED) is 0.513. The Balaban J connectivity index is 2.25. The van der Waals surface area contributed by atoms with Gasteiger partial charge in [0.1, 0.15) is 0 Å². The van der Waals surface area contributed by atoms with Gasteiger partial charge in [-0.1, -0.05) is 63.3 Å². The second-order valence-electron chi connectivity index (χ2n) is 6.57. The summed E-state index contributed by atoms with van der Waals surface area (Å²) in [6, 6.07) is 10.6. The third-order valence-electron chi connectivity index (χ3n) is 3.96. The van der Waals surface area contributed by atoms with Crippen molar-refractivity contribution in [3.8, 4) is 0 Å². The summed E-state index contributed by atoms with van der Waals surface area (Å²) in [5.41, 5.74) is 1.40. The zero-order valence-corrected chi connectivity index (χ0v) is 14.1. The summed E-state index contributed by atoms with van der Waals surface area (Å²) in [7, 11) is -1.58. The lowest BCUT2D eigenvalue weighted by atomic mass is 10.1. The van der Waals surface area contributed by atoms with Gasteiger partial charge in [0.25, 0.3) is 0 Å². The second-order valence-corrected chi connectivity index (χ2v) is 11.4. The minimum atomic E-state index is -1.58. The first-order valence-corrected chi connectivity index (χ1v) is 10.1. The summed E-state index contributed by atoms with van der Waals surface area (Å²) >= 11 is 0. The Labute approximate surface area is 119 Å². The van der Waals surface area contributed by atoms with Crippen molar-refractivity contribution in [2.24, 2.45) is 0 Å². The lowest BCUT2D eigenvalue weighted by Crippen LogP contribution is -2.40. The second kappa shape index (κ2) is 7.06. The molecule has 0 spiro atoms. The van der Waals surface area contributed by atoms with Gasteiger partial charge in [-0.15, -0.1) is 0 Å². The molecule has 0 radical (unpaired) electrons. The third kappa shape index (κ3) is 5.75. The van der Waals surface area contributed by atoms with Gasteiger partial charge in [-0.2, -0.15) is 0 Å². The normalized spacial score (nSPS) is 13.1. The average molecular weight is 276 g/mol. The topological polar surface area (TPSA) is 9.23 Å². The van der Waals surface area contributed by atoms with Gasteiger partial charge in [0.05, 0.1) is 6.61 Å². The number of aryl methyl sites for hydroxylation is 1. The molecule has 0 aromatic heterocycles. The fourth-order valence-corrected chi connectivity index (χ4v) is 2.50. The molecule has 0 unspecified atom stereocenters. The molecule has 0 bridgehead atoms. The molecular formula is C17H28OSi. The van der Waals surface area contributed by atoms with Gasteiger partial charge in [-0.25, -0.2) is 0 Å². The Morgan fingerprint density at radius 1 is 1.05 bits per heavy atom. The standard InChI is InChI=1S/C17H28OSi/c1-17(2,3)19(4,5)18-15-11-7-10-14-16-12-8-6-9-13-16/h6-9,11-13H,10,14-15H2,1-5H3. The first-order chi connectivity index (χ1) is 8.83. The fraction of sp³-hybridized carbons (Fsp3) is 0.529. The first kappa shape index (κ1) is 16.2. The average Bonchev–Trinajstić information content (AvgIpc) is 2.33. The van der Waals surface area contributed by atoms with Crippen LogP contribution in [0.2, 0.25) is 18.1 Å². The molecule has 0 aliphatic rings. The van der Waals surface area contributed by atoms with E-state index in [9.17, 15) is 0 Å². The highest BCUT2D eigenvalue weighted by Crippen LogP contribution is 2.36. The molecule has 0 heterocycles. The Bertz CT molecular complexity index is 387. The molecule has 19 heavy (non-hydrogen) atoms. The zero-order valence-electron chi connectivity index (χ0n) is 13.1. The van der Waals surface area contributed by atoms with E-state index in [1.165, 1.54) is 5.56 Å². The molecule has 0 aliphatic carbocycles. The molecule has 1 nitrogen and oxygen atoms in total. The largest absolute Gasteiger partial charge is 0.413 e. The third-order valence-corrected chi connectivity index (χ3v) is 8.46. The number of hydrogen-bond acceptors (Lipinski definition) is 1. The lowest BCUT2D eigenvalue weighted by Gasteiger charge is -2.35. The van der Waals surface area contributed by atoms with E-state index in [-0.39, 0.29) is 0 Å². The van der Waals surface area contributed by atoms with E-state index in [4.69, 9.17) is 4.43 Å². The summed E-state index contributed by atoms with van der Waals surface area (Å²) in [5.74, 6) is 0. The van der Waals surface area contributed by atoms with Crippen LogP contribution in [0.4, 0.5) is 0 Å². The van der Waals surface area contributed by atoms with Gasteiger partial charge < -0.3 is 4.43 Å². The zero-order chi connectivity index (χ0) is 14.4. The van der Waals surface area contributed by atoms with Crippen LogP contribution < -0.4 is 0 Å². The molecule has 106 valence electrons. The van der Waals surface area contributed by atoms with Crippen LogP contribution in [0.5, 0.6) is 0 Å². The van der Waals surface area contributed by atoms with Crippen molar-refractivity contribution < 1.29 is 4.43 Å². The number of benzene rings is 1. The highest BCUT2D eigenvalue weighted by Gasteiger charge is 2.36. The monoisotopic (exact) mass is 276 g/mol. The number of hydrogen-bond donors (Lipinski definition) is 0. The minimum Gasteiger partial charge on any atom is -0.413 e. The highest BCUT2D eigenvalue weighted by atomic mass is 28.4. The Morgan fingerprint density at radius 3 is 2.26 bits per heavy atom. The predicted molar refractivity (Wildman–Crippen MR) is 87.1 cm³/mol. The summed E-state index contributed by atoms with van der Waals surface area (Å²) < 4.78 is 6.10. The molecule has 0 saturated heterocycles. The van der Waals surface area contributed by atoms with Crippen LogP contribution in [0.1, 0.15) is 32.8 Å². The van der Waals surface area contributed by atoms with Gasteiger partial charge in [0.2, 0.25) is 0 Å². The molecule has 1 aromatic carbocycles. The molecule has 0 aliphatic heterocycles. The Morgan fingerprint density at radius 2 is 1.68 bits per heavy atom. The molecule has 2 heteroatoms. The molecule has 1 aromatic rings. The SMILES string of the molecule is CC(C)(C)[Si](C)(C)OCC=CCCc1ccccc1.